The highest BCUT2D eigenvalue weighted by molar-refractivity contribution is 5.90. The number of furan rings is 1. The van der Waals surface area contributed by atoms with E-state index in [1.165, 1.54) is 17.2 Å². The molecule has 0 bridgehead atoms. The molecule has 152 valence electrons. The van der Waals surface area contributed by atoms with Gasteiger partial charge in [-0.1, -0.05) is 0 Å². The Bertz CT molecular complexity index is 1120. The highest BCUT2D eigenvalue weighted by atomic mass is 19.1. The van der Waals surface area contributed by atoms with Gasteiger partial charge in [0.25, 0.3) is 5.56 Å². The average molecular weight is 398 g/mol. The second kappa shape index (κ2) is 7.90. The maximum absolute atomic E-state index is 15.5. The van der Waals surface area contributed by atoms with Gasteiger partial charge in [0.15, 0.2) is 11.6 Å². The fourth-order valence-corrected chi connectivity index (χ4v) is 2.88. The van der Waals surface area contributed by atoms with Crippen LogP contribution >= 0.6 is 0 Å². The number of nitrogens with one attached hydrogen (secondary N) is 1. The van der Waals surface area contributed by atoms with Gasteiger partial charge in [0.2, 0.25) is 0 Å². The van der Waals surface area contributed by atoms with Crippen molar-refractivity contribution in [2.75, 3.05) is 19.4 Å². The fourth-order valence-electron chi connectivity index (χ4n) is 2.88. The van der Waals surface area contributed by atoms with Crippen molar-refractivity contribution in [3.63, 3.8) is 0 Å². The summed E-state index contributed by atoms with van der Waals surface area (Å²) in [6.07, 6.45) is 3.13. The van der Waals surface area contributed by atoms with Crippen molar-refractivity contribution in [2.24, 2.45) is 0 Å². The van der Waals surface area contributed by atoms with E-state index >= 15 is 4.39 Å². The largest absolute Gasteiger partial charge is 0.461 e. The summed E-state index contributed by atoms with van der Waals surface area (Å²) in [7, 11) is 3.10. The lowest BCUT2D eigenvalue weighted by atomic mass is 10.0. The number of urea groups is 1. The molecule has 0 aliphatic heterocycles. The molecule has 0 spiro atoms. The van der Waals surface area contributed by atoms with Crippen molar-refractivity contribution >= 4 is 11.8 Å². The predicted molar refractivity (Wildman–Crippen MR) is 109 cm³/mol. The number of aryl methyl sites for hydroxylation is 1. The predicted octanol–water partition coefficient (Wildman–Crippen LogP) is 4.29. The van der Waals surface area contributed by atoms with Gasteiger partial charge in [-0.2, -0.15) is 0 Å². The van der Waals surface area contributed by atoms with Gasteiger partial charge in [-0.15, -0.1) is 0 Å². The van der Waals surface area contributed by atoms with Crippen LogP contribution in [0, 0.1) is 12.7 Å². The van der Waals surface area contributed by atoms with Crippen LogP contribution in [-0.4, -0.2) is 34.6 Å². The van der Waals surface area contributed by atoms with Gasteiger partial charge in [0.1, 0.15) is 11.5 Å². The van der Waals surface area contributed by atoms with Crippen molar-refractivity contribution in [2.45, 2.75) is 26.8 Å². The average Bonchev–Trinajstić information content (AvgIpc) is 3.09. The van der Waals surface area contributed by atoms with Gasteiger partial charge >= 0.3 is 6.03 Å². The highest BCUT2D eigenvalue weighted by Gasteiger charge is 2.22. The van der Waals surface area contributed by atoms with Crippen LogP contribution in [0.2, 0.25) is 0 Å². The Morgan fingerprint density at radius 3 is 2.55 bits per heavy atom. The smallest absolute Gasteiger partial charge is 0.322 e. The van der Waals surface area contributed by atoms with Gasteiger partial charge < -0.3 is 13.9 Å². The molecule has 0 saturated heterocycles. The molecule has 0 radical (unpaired) electrons. The van der Waals surface area contributed by atoms with Crippen LogP contribution in [0.1, 0.15) is 25.6 Å². The fraction of sp³-hybridized carbons (Fsp3) is 0.286. The quantitative estimate of drug-likeness (QED) is 0.711. The molecular weight excluding hydrogens is 375 g/mol. The standard InChI is InChI=1S/C21H23FN4O3/c1-12(2)26-11-14(7-9-17(26)27)15-10-23-20(24-21(28)25(4)5)19(22)18(15)16-8-6-13(3)29-16/h6-12H,1-5H3,(H,23,24,28). The minimum Gasteiger partial charge on any atom is -0.461 e. The van der Waals surface area contributed by atoms with Gasteiger partial charge in [0, 0.05) is 49.7 Å². The third kappa shape index (κ3) is 4.06. The Kier molecular flexibility index (Phi) is 5.54. The number of halogens is 1. The Labute approximate surface area is 167 Å². The van der Waals surface area contributed by atoms with Crippen molar-refractivity contribution in [1.29, 1.82) is 0 Å². The summed E-state index contributed by atoms with van der Waals surface area (Å²) >= 11 is 0. The van der Waals surface area contributed by atoms with E-state index in [2.05, 4.69) is 10.3 Å². The van der Waals surface area contributed by atoms with Crippen LogP contribution < -0.4 is 10.9 Å². The molecule has 2 amide bonds. The summed E-state index contributed by atoms with van der Waals surface area (Å²) in [6.45, 7) is 5.54. The minimum absolute atomic E-state index is 0.0618. The molecule has 0 saturated carbocycles. The summed E-state index contributed by atoms with van der Waals surface area (Å²) in [5.74, 6) is 0.0104. The molecule has 0 atom stereocenters. The first-order valence-electron chi connectivity index (χ1n) is 9.15. The topological polar surface area (TPSA) is 80.4 Å². The number of carbonyl (C=O) groups is 1. The zero-order valence-electron chi connectivity index (χ0n) is 17.0. The first kappa shape index (κ1) is 20.3. The number of nitrogens with zero attached hydrogens (tertiary/aromatic N) is 3. The first-order valence-corrected chi connectivity index (χ1v) is 9.15. The normalized spacial score (nSPS) is 11.0. The van der Waals surface area contributed by atoms with E-state index in [1.54, 1.807) is 50.0 Å². The van der Waals surface area contributed by atoms with Crippen molar-refractivity contribution in [1.82, 2.24) is 14.5 Å². The van der Waals surface area contributed by atoms with Crippen LogP contribution in [0.3, 0.4) is 0 Å². The van der Waals surface area contributed by atoms with E-state index in [1.807, 2.05) is 13.8 Å². The van der Waals surface area contributed by atoms with Crippen LogP contribution in [0.25, 0.3) is 22.5 Å². The van der Waals surface area contributed by atoms with E-state index in [4.69, 9.17) is 4.42 Å². The van der Waals surface area contributed by atoms with Crippen LogP contribution in [0.5, 0.6) is 0 Å². The summed E-state index contributed by atoms with van der Waals surface area (Å²) in [4.78, 5) is 29.5. The van der Waals surface area contributed by atoms with Crippen molar-refractivity contribution < 1.29 is 13.6 Å². The third-order valence-corrected chi connectivity index (χ3v) is 4.44. The molecule has 0 fully saturated rings. The zero-order chi connectivity index (χ0) is 21.3. The lowest BCUT2D eigenvalue weighted by molar-refractivity contribution is 0.230. The number of anilines is 1. The Balaban J connectivity index is 2.22. The van der Waals surface area contributed by atoms with Gasteiger partial charge in [-0.25, -0.2) is 14.2 Å². The maximum Gasteiger partial charge on any atom is 0.322 e. The molecule has 29 heavy (non-hydrogen) atoms. The number of carbonyl (C=O) groups excluding carboxylic acids is 1. The molecule has 0 unspecified atom stereocenters. The Morgan fingerprint density at radius 2 is 1.97 bits per heavy atom. The summed E-state index contributed by atoms with van der Waals surface area (Å²) in [5, 5.41) is 2.45. The lowest BCUT2D eigenvalue weighted by Gasteiger charge is -2.16. The molecular formula is C21H23FN4O3. The number of aromatic nitrogens is 2. The number of amides is 2. The lowest BCUT2D eigenvalue weighted by Crippen LogP contribution is -2.28. The summed E-state index contributed by atoms with van der Waals surface area (Å²) < 4.78 is 22.7. The second-order valence-corrected chi connectivity index (χ2v) is 7.20. The van der Waals surface area contributed by atoms with E-state index in [0.717, 1.165) is 0 Å². The van der Waals surface area contributed by atoms with Gasteiger partial charge in [0.05, 0.1) is 5.56 Å². The molecule has 0 aromatic carbocycles. The maximum atomic E-state index is 15.5. The monoisotopic (exact) mass is 398 g/mol. The Hall–Kier alpha value is -3.42. The van der Waals surface area contributed by atoms with E-state index in [0.29, 0.717) is 22.6 Å². The SMILES string of the molecule is Cc1ccc(-c2c(-c3ccc(=O)n(C(C)C)c3)cnc(NC(=O)N(C)C)c2F)o1. The summed E-state index contributed by atoms with van der Waals surface area (Å²) in [5.41, 5.74) is 1.08. The van der Waals surface area contributed by atoms with Crippen LogP contribution in [-0.2, 0) is 0 Å². The van der Waals surface area contributed by atoms with Crippen molar-refractivity contribution in [3.05, 3.63) is 58.6 Å². The molecule has 3 aromatic rings. The highest BCUT2D eigenvalue weighted by Crippen LogP contribution is 2.37. The van der Waals surface area contributed by atoms with Gasteiger partial charge in [-0.05, 0) is 39.0 Å². The molecule has 1 N–H and O–H groups in total. The van der Waals surface area contributed by atoms with E-state index in [-0.39, 0.29) is 23.0 Å². The molecule has 3 heterocycles. The number of rotatable bonds is 4. The number of hydrogen-bond acceptors (Lipinski definition) is 4. The molecule has 3 rings (SSSR count). The number of hydrogen-bond donors (Lipinski definition) is 1. The zero-order valence-corrected chi connectivity index (χ0v) is 17.0. The molecule has 8 heteroatoms. The van der Waals surface area contributed by atoms with E-state index in [9.17, 15) is 9.59 Å². The van der Waals surface area contributed by atoms with Gasteiger partial charge in [-0.3, -0.25) is 10.1 Å². The molecule has 0 aliphatic rings. The molecule has 0 aliphatic carbocycles. The molecule has 7 nitrogen and oxygen atoms in total. The van der Waals surface area contributed by atoms with E-state index < -0.39 is 11.8 Å². The van der Waals surface area contributed by atoms with Crippen LogP contribution in [0.15, 0.2) is 45.9 Å². The molecule has 3 aromatic heterocycles. The third-order valence-electron chi connectivity index (χ3n) is 4.44. The van der Waals surface area contributed by atoms with Crippen LogP contribution in [0.4, 0.5) is 15.0 Å². The first-order chi connectivity index (χ1) is 13.7. The minimum atomic E-state index is -0.714. The Morgan fingerprint density at radius 1 is 1.24 bits per heavy atom. The van der Waals surface area contributed by atoms with Crippen molar-refractivity contribution in [3.8, 4) is 22.5 Å². The number of pyridine rings is 2. The summed E-state index contributed by atoms with van der Waals surface area (Å²) in [6, 6.07) is 5.88. The second-order valence-electron chi connectivity index (χ2n) is 7.20.